The zero-order chi connectivity index (χ0) is 17.6. The van der Waals surface area contributed by atoms with Crippen LogP contribution < -0.4 is 10.2 Å². The van der Waals surface area contributed by atoms with Gasteiger partial charge in [-0.05, 0) is 36.8 Å². The number of amides is 2. The van der Waals surface area contributed by atoms with Gasteiger partial charge in [-0.2, -0.15) is 0 Å². The smallest absolute Gasteiger partial charge is 0.303 e. The Labute approximate surface area is 145 Å². The van der Waals surface area contributed by atoms with Crippen molar-refractivity contribution in [1.29, 1.82) is 0 Å². The number of aliphatic carboxylic acids is 1. The van der Waals surface area contributed by atoms with Crippen molar-refractivity contribution in [2.24, 2.45) is 11.3 Å². The molecule has 0 radical (unpaired) electrons. The molecule has 132 valence electrons. The van der Waals surface area contributed by atoms with Crippen LogP contribution in [0.5, 0.6) is 0 Å². The van der Waals surface area contributed by atoms with Crippen LogP contribution in [-0.4, -0.2) is 41.0 Å². The Balaban J connectivity index is 1.33. The summed E-state index contributed by atoms with van der Waals surface area (Å²) < 4.78 is 0. The summed E-state index contributed by atoms with van der Waals surface area (Å²) in [6.45, 7) is 1.85. The van der Waals surface area contributed by atoms with Crippen LogP contribution in [0, 0.1) is 11.3 Å². The van der Waals surface area contributed by atoms with Crippen molar-refractivity contribution in [2.75, 3.05) is 18.0 Å². The van der Waals surface area contributed by atoms with Crippen molar-refractivity contribution in [3.8, 4) is 0 Å². The minimum Gasteiger partial charge on any atom is -0.481 e. The lowest BCUT2D eigenvalue weighted by molar-refractivity contribution is -0.140. The van der Waals surface area contributed by atoms with E-state index in [1.54, 1.807) is 6.20 Å². The molecule has 0 aromatic carbocycles. The number of carboxylic acids is 1. The van der Waals surface area contributed by atoms with E-state index in [4.69, 9.17) is 5.11 Å². The molecule has 2 N–H and O–H groups in total. The van der Waals surface area contributed by atoms with E-state index >= 15 is 0 Å². The summed E-state index contributed by atoms with van der Waals surface area (Å²) in [7, 11) is 0. The fraction of sp³-hybridized carbons (Fsp3) is 0.556. The molecule has 2 amide bonds. The predicted molar refractivity (Wildman–Crippen MR) is 89.0 cm³/mol. The number of carbonyl (C=O) groups is 3. The average molecular weight is 343 g/mol. The molecule has 1 spiro atoms. The molecule has 7 heteroatoms. The minimum absolute atomic E-state index is 0.210. The number of carboxylic acid groups (broad SMARTS) is 1. The summed E-state index contributed by atoms with van der Waals surface area (Å²) in [4.78, 5) is 40.6. The largest absolute Gasteiger partial charge is 0.481 e. The molecule has 25 heavy (non-hydrogen) atoms. The van der Waals surface area contributed by atoms with Crippen molar-refractivity contribution in [3.63, 3.8) is 0 Å². The first-order chi connectivity index (χ1) is 11.9. The van der Waals surface area contributed by atoms with E-state index in [1.165, 1.54) is 0 Å². The lowest BCUT2D eigenvalue weighted by Gasteiger charge is -2.59. The minimum atomic E-state index is -0.707. The molecule has 1 aliphatic carbocycles. The van der Waals surface area contributed by atoms with Crippen molar-refractivity contribution in [3.05, 3.63) is 23.9 Å². The van der Waals surface area contributed by atoms with Crippen LogP contribution in [0.15, 0.2) is 18.3 Å². The Morgan fingerprint density at radius 2 is 2.08 bits per heavy atom. The molecule has 1 aromatic heterocycles. The zero-order valence-electron chi connectivity index (χ0n) is 13.9. The molecule has 2 aliphatic heterocycles. The van der Waals surface area contributed by atoms with E-state index in [0.717, 1.165) is 37.3 Å². The Hall–Kier alpha value is -2.44. The highest BCUT2D eigenvalue weighted by Gasteiger charge is 2.52. The van der Waals surface area contributed by atoms with Crippen molar-refractivity contribution < 1.29 is 19.5 Å². The van der Waals surface area contributed by atoms with Gasteiger partial charge >= 0.3 is 5.97 Å². The number of anilines is 1. The van der Waals surface area contributed by atoms with E-state index in [1.807, 2.05) is 12.1 Å². The molecular weight excluding hydrogens is 322 g/mol. The first-order valence-electron chi connectivity index (χ1n) is 8.70. The molecule has 1 unspecified atom stereocenters. The molecule has 1 aromatic rings. The maximum atomic E-state index is 11.9. The predicted octanol–water partition coefficient (Wildman–Crippen LogP) is 1.29. The zero-order valence-corrected chi connectivity index (χ0v) is 13.9. The molecule has 3 fully saturated rings. The van der Waals surface area contributed by atoms with Gasteiger partial charge in [-0.25, -0.2) is 4.98 Å². The number of hydrogen-bond donors (Lipinski definition) is 2. The van der Waals surface area contributed by atoms with Crippen molar-refractivity contribution in [2.45, 2.75) is 38.0 Å². The number of pyridine rings is 1. The number of piperidine rings is 1. The molecule has 4 rings (SSSR count). The number of carbonyl (C=O) groups excluding carboxylic acids is 2. The standard InChI is InChI=1S/C18H21N3O4/c22-15-4-2-13(17(25)20-15)12-1-3-14(19-8-12)21-9-18(10-21)6-11(7-18)5-16(23)24/h1,3,8,11,13H,2,4-7,9-10H2,(H,23,24)(H,20,22,25). The summed E-state index contributed by atoms with van der Waals surface area (Å²) in [5.74, 6) is -0.246. The van der Waals surface area contributed by atoms with Crippen LogP contribution in [0.1, 0.15) is 43.6 Å². The third kappa shape index (κ3) is 2.99. The van der Waals surface area contributed by atoms with Crippen LogP contribution in [0.3, 0.4) is 0 Å². The Kier molecular flexibility index (Phi) is 3.74. The Bertz CT molecular complexity index is 716. The summed E-state index contributed by atoms with van der Waals surface area (Å²) >= 11 is 0. The number of rotatable bonds is 4. The maximum Gasteiger partial charge on any atom is 0.303 e. The molecule has 3 aliphatic rings. The molecule has 2 saturated heterocycles. The van der Waals surface area contributed by atoms with E-state index in [9.17, 15) is 14.4 Å². The van der Waals surface area contributed by atoms with Gasteiger partial charge in [-0.3, -0.25) is 19.7 Å². The van der Waals surface area contributed by atoms with Gasteiger partial charge in [0.2, 0.25) is 11.8 Å². The highest BCUT2D eigenvalue weighted by molar-refractivity contribution is 6.00. The van der Waals surface area contributed by atoms with Gasteiger partial charge in [0.1, 0.15) is 5.82 Å². The SMILES string of the molecule is O=C(O)CC1CC2(C1)CN(c1ccc(C3CCC(=O)NC3=O)cn1)C2. The summed E-state index contributed by atoms with van der Waals surface area (Å²) in [5.41, 5.74) is 1.12. The van der Waals surface area contributed by atoms with Gasteiger partial charge in [0, 0.05) is 37.5 Å². The fourth-order valence-corrected chi connectivity index (χ4v) is 4.54. The topological polar surface area (TPSA) is 99.6 Å². The molecule has 3 heterocycles. The summed E-state index contributed by atoms with van der Waals surface area (Å²) in [6.07, 6.45) is 4.89. The number of imide groups is 1. The van der Waals surface area contributed by atoms with E-state index < -0.39 is 5.97 Å². The summed E-state index contributed by atoms with van der Waals surface area (Å²) in [5, 5.41) is 11.2. The molecule has 0 bridgehead atoms. The van der Waals surface area contributed by atoms with Crippen molar-refractivity contribution >= 4 is 23.6 Å². The Morgan fingerprint density at radius 3 is 2.68 bits per heavy atom. The van der Waals surface area contributed by atoms with Gasteiger partial charge in [-0.15, -0.1) is 0 Å². The van der Waals surface area contributed by atoms with Crippen LogP contribution in [-0.2, 0) is 14.4 Å². The van der Waals surface area contributed by atoms with Gasteiger partial charge < -0.3 is 10.0 Å². The van der Waals surface area contributed by atoms with Crippen molar-refractivity contribution in [1.82, 2.24) is 10.3 Å². The third-order valence-corrected chi connectivity index (χ3v) is 5.70. The van der Waals surface area contributed by atoms with E-state index in [2.05, 4.69) is 15.2 Å². The number of nitrogens with zero attached hydrogens (tertiary/aromatic N) is 2. The molecule has 1 saturated carbocycles. The van der Waals surface area contributed by atoms with E-state index in [-0.39, 0.29) is 29.6 Å². The van der Waals surface area contributed by atoms with E-state index in [0.29, 0.717) is 18.8 Å². The highest BCUT2D eigenvalue weighted by atomic mass is 16.4. The second-order valence-corrected chi connectivity index (χ2v) is 7.68. The Morgan fingerprint density at radius 1 is 1.32 bits per heavy atom. The number of aromatic nitrogens is 1. The fourth-order valence-electron chi connectivity index (χ4n) is 4.54. The maximum absolute atomic E-state index is 11.9. The van der Waals surface area contributed by atoms with Gasteiger partial charge in [0.05, 0.1) is 5.92 Å². The molecule has 1 atom stereocenters. The molecule has 7 nitrogen and oxygen atoms in total. The first kappa shape index (κ1) is 16.1. The van der Waals surface area contributed by atoms with Crippen LogP contribution >= 0.6 is 0 Å². The van der Waals surface area contributed by atoms with Gasteiger partial charge in [-0.1, -0.05) is 6.07 Å². The summed E-state index contributed by atoms with van der Waals surface area (Å²) in [6, 6.07) is 3.85. The monoisotopic (exact) mass is 343 g/mol. The second kappa shape index (κ2) is 5.82. The van der Waals surface area contributed by atoms with Crippen LogP contribution in [0.2, 0.25) is 0 Å². The highest BCUT2D eigenvalue weighted by Crippen LogP contribution is 2.53. The van der Waals surface area contributed by atoms with Gasteiger partial charge in [0.25, 0.3) is 0 Å². The van der Waals surface area contributed by atoms with Crippen LogP contribution in [0.4, 0.5) is 5.82 Å². The number of hydrogen-bond acceptors (Lipinski definition) is 5. The first-order valence-corrected chi connectivity index (χ1v) is 8.70. The average Bonchev–Trinajstić information content (AvgIpc) is 2.48. The van der Waals surface area contributed by atoms with Crippen LogP contribution in [0.25, 0.3) is 0 Å². The normalized spacial score (nSPS) is 25.3. The van der Waals surface area contributed by atoms with Gasteiger partial charge in [0.15, 0.2) is 0 Å². The number of nitrogens with one attached hydrogen (secondary N) is 1. The lowest BCUT2D eigenvalue weighted by atomic mass is 9.57. The lowest BCUT2D eigenvalue weighted by Crippen LogP contribution is -2.62. The third-order valence-electron chi connectivity index (χ3n) is 5.70. The molecular formula is C18H21N3O4. The quantitative estimate of drug-likeness (QED) is 0.799. The second-order valence-electron chi connectivity index (χ2n) is 7.68.